The summed E-state index contributed by atoms with van der Waals surface area (Å²) < 4.78 is 2.10. The second-order valence-electron chi connectivity index (χ2n) is 4.83. The molecule has 2 aromatic rings. The zero-order chi connectivity index (χ0) is 14.0. The van der Waals surface area contributed by atoms with Crippen LogP contribution in [0.3, 0.4) is 0 Å². The molecule has 0 saturated heterocycles. The van der Waals surface area contributed by atoms with Crippen molar-refractivity contribution < 1.29 is 0 Å². The first kappa shape index (κ1) is 13.9. The third-order valence-corrected chi connectivity index (χ3v) is 3.25. The van der Waals surface area contributed by atoms with Crippen LogP contribution in [0.15, 0.2) is 18.2 Å². The average Bonchev–Trinajstić information content (AvgIpc) is 2.74. The molecule has 0 fully saturated rings. The lowest BCUT2D eigenvalue weighted by Gasteiger charge is -2.14. The first-order chi connectivity index (χ1) is 9.04. The molecular weight excluding hydrogens is 260 g/mol. The zero-order valence-electron chi connectivity index (χ0n) is 11.4. The van der Waals surface area contributed by atoms with E-state index in [1.807, 2.05) is 33.2 Å². The first-order valence-corrected chi connectivity index (χ1v) is 6.66. The molecule has 0 bridgehead atoms. The van der Waals surface area contributed by atoms with Crippen LogP contribution in [0, 0.1) is 11.3 Å². The van der Waals surface area contributed by atoms with Crippen LogP contribution in [0.2, 0.25) is 0 Å². The molecule has 0 radical (unpaired) electrons. The van der Waals surface area contributed by atoms with Crippen molar-refractivity contribution >= 4 is 22.6 Å². The number of nitrogens with zero attached hydrogens (tertiary/aromatic N) is 4. The Morgan fingerprint density at radius 3 is 2.79 bits per heavy atom. The second-order valence-corrected chi connectivity index (χ2v) is 5.48. The van der Waals surface area contributed by atoms with Crippen LogP contribution in [0.1, 0.15) is 23.7 Å². The first-order valence-electron chi connectivity index (χ1n) is 6.22. The average molecular weight is 277 g/mol. The molecule has 1 aromatic heterocycles. The van der Waals surface area contributed by atoms with Crippen molar-refractivity contribution in [3.8, 4) is 6.07 Å². The Morgan fingerprint density at radius 1 is 1.47 bits per heavy atom. The fraction of sp³-hybridized carbons (Fsp3) is 0.429. The molecule has 5 heteroatoms. The molecule has 4 nitrogen and oxygen atoms in total. The predicted molar refractivity (Wildman–Crippen MR) is 77.3 cm³/mol. The van der Waals surface area contributed by atoms with Crippen LogP contribution in [0.5, 0.6) is 0 Å². The number of para-hydroxylation sites is 1. The van der Waals surface area contributed by atoms with E-state index in [9.17, 15) is 0 Å². The van der Waals surface area contributed by atoms with E-state index in [4.69, 9.17) is 16.9 Å². The van der Waals surface area contributed by atoms with E-state index in [0.29, 0.717) is 5.56 Å². The number of hydrogen-bond donors (Lipinski definition) is 0. The fourth-order valence-electron chi connectivity index (χ4n) is 2.09. The zero-order valence-corrected chi connectivity index (χ0v) is 12.1. The molecule has 0 saturated carbocycles. The van der Waals surface area contributed by atoms with Crippen molar-refractivity contribution in [3.63, 3.8) is 0 Å². The van der Waals surface area contributed by atoms with E-state index >= 15 is 0 Å². The van der Waals surface area contributed by atoms with E-state index < -0.39 is 0 Å². The number of fused-ring (bicyclic) bond motifs is 1. The highest BCUT2D eigenvalue weighted by molar-refractivity contribution is 6.20. The van der Waals surface area contributed by atoms with Gasteiger partial charge in [0.05, 0.1) is 16.5 Å². The number of rotatable bonds is 4. The summed E-state index contributed by atoms with van der Waals surface area (Å²) in [6.45, 7) is 3.62. The van der Waals surface area contributed by atoms with Gasteiger partial charge in [-0.05, 0) is 33.2 Å². The van der Waals surface area contributed by atoms with Crippen LogP contribution >= 0.6 is 11.6 Å². The maximum absolute atomic E-state index is 9.15. The van der Waals surface area contributed by atoms with Crippen LogP contribution in [-0.4, -0.2) is 35.1 Å². The molecule has 0 aliphatic rings. The Kier molecular flexibility index (Phi) is 4.08. The van der Waals surface area contributed by atoms with Crippen LogP contribution in [0.4, 0.5) is 0 Å². The number of nitriles is 1. The summed E-state index contributed by atoms with van der Waals surface area (Å²) in [6.07, 6.45) is 0. The molecule has 0 aliphatic carbocycles. The maximum atomic E-state index is 9.15. The molecule has 1 aromatic carbocycles. The Hall–Kier alpha value is -1.57. The topological polar surface area (TPSA) is 44.9 Å². The van der Waals surface area contributed by atoms with Gasteiger partial charge in [0.1, 0.15) is 17.4 Å². The van der Waals surface area contributed by atoms with Crippen molar-refractivity contribution in [2.45, 2.75) is 18.8 Å². The summed E-state index contributed by atoms with van der Waals surface area (Å²) in [6, 6.07) is 7.84. The summed E-state index contributed by atoms with van der Waals surface area (Å²) in [5.74, 6) is 0.821. The second kappa shape index (κ2) is 5.60. The van der Waals surface area contributed by atoms with Gasteiger partial charge in [0, 0.05) is 13.1 Å². The van der Waals surface area contributed by atoms with Gasteiger partial charge in [0.25, 0.3) is 0 Å². The molecule has 1 atom stereocenters. The molecule has 0 spiro atoms. The van der Waals surface area contributed by atoms with E-state index in [0.717, 1.165) is 29.9 Å². The molecule has 19 heavy (non-hydrogen) atoms. The Labute approximate surface area is 118 Å². The molecule has 1 heterocycles. The van der Waals surface area contributed by atoms with Crippen molar-refractivity contribution in [2.75, 3.05) is 20.6 Å². The van der Waals surface area contributed by atoms with Crippen LogP contribution in [0.25, 0.3) is 11.0 Å². The van der Waals surface area contributed by atoms with E-state index in [1.165, 1.54) is 0 Å². The number of alkyl halides is 1. The highest BCUT2D eigenvalue weighted by Crippen LogP contribution is 2.26. The highest BCUT2D eigenvalue weighted by Gasteiger charge is 2.16. The molecule has 2 rings (SSSR count). The third-order valence-electron chi connectivity index (χ3n) is 3.06. The minimum Gasteiger partial charge on any atom is -0.325 e. The van der Waals surface area contributed by atoms with Gasteiger partial charge in [0.15, 0.2) is 0 Å². The van der Waals surface area contributed by atoms with Gasteiger partial charge >= 0.3 is 0 Å². The van der Waals surface area contributed by atoms with Gasteiger partial charge in [-0.1, -0.05) is 6.07 Å². The summed E-state index contributed by atoms with van der Waals surface area (Å²) in [4.78, 5) is 6.66. The minimum absolute atomic E-state index is 0.180. The summed E-state index contributed by atoms with van der Waals surface area (Å²) in [5.41, 5.74) is 2.31. The molecule has 100 valence electrons. The summed E-state index contributed by atoms with van der Waals surface area (Å²) in [7, 11) is 4.06. The largest absolute Gasteiger partial charge is 0.325 e. The van der Waals surface area contributed by atoms with Crippen LogP contribution in [-0.2, 0) is 6.54 Å². The van der Waals surface area contributed by atoms with Crippen molar-refractivity contribution in [3.05, 3.63) is 29.6 Å². The SMILES string of the molecule is CC(Cl)c1nc2c(C#N)cccc2n1CCN(C)C. The highest BCUT2D eigenvalue weighted by atomic mass is 35.5. The van der Waals surface area contributed by atoms with Gasteiger partial charge in [0.2, 0.25) is 0 Å². The van der Waals surface area contributed by atoms with Gasteiger partial charge < -0.3 is 9.47 Å². The predicted octanol–water partition coefficient (Wildman–Crippen LogP) is 2.77. The number of aromatic nitrogens is 2. The normalized spacial score (nSPS) is 12.8. The lowest BCUT2D eigenvalue weighted by atomic mass is 10.2. The molecule has 0 amide bonds. The Morgan fingerprint density at radius 2 is 2.21 bits per heavy atom. The van der Waals surface area contributed by atoms with Crippen molar-refractivity contribution in [1.29, 1.82) is 5.26 Å². The Bertz CT molecular complexity index is 622. The Balaban J connectivity index is 2.58. The quantitative estimate of drug-likeness (QED) is 0.807. The molecule has 0 N–H and O–H groups in total. The molecular formula is C14H17ClN4. The molecule has 1 unspecified atom stereocenters. The molecule has 0 aliphatic heterocycles. The van der Waals surface area contributed by atoms with E-state index in [1.54, 1.807) is 6.07 Å². The van der Waals surface area contributed by atoms with Gasteiger partial charge in [-0.25, -0.2) is 4.98 Å². The number of hydrogen-bond acceptors (Lipinski definition) is 3. The lowest BCUT2D eigenvalue weighted by molar-refractivity contribution is 0.383. The third kappa shape index (κ3) is 2.73. The van der Waals surface area contributed by atoms with Gasteiger partial charge in [-0.2, -0.15) is 5.26 Å². The van der Waals surface area contributed by atoms with Crippen molar-refractivity contribution in [2.24, 2.45) is 0 Å². The van der Waals surface area contributed by atoms with Crippen LogP contribution < -0.4 is 0 Å². The lowest BCUT2D eigenvalue weighted by Crippen LogP contribution is -2.19. The van der Waals surface area contributed by atoms with E-state index in [2.05, 4.69) is 20.5 Å². The van der Waals surface area contributed by atoms with Gasteiger partial charge in [-0.15, -0.1) is 11.6 Å². The summed E-state index contributed by atoms with van der Waals surface area (Å²) in [5, 5.41) is 8.97. The van der Waals surface area contributed by atoms with Crippen molar-refractivity contribution in [1.82, 2.24) is 14.5 Å². The smallest absolute Gasteiger partial charge is 0.127 e. The maximum Gasteiger partial charge on any atom is 0.127 e. The fourth-order valence-corrected chi connectivity index (χ4v) is 2.26. The summed E-state index contributed by atoms with van der Waals surface area (Å²) >= 11 is 6.21. The number of benzene rings is 1. The standard InChI is InChI=1S/C14H17ClN4/c1-10(15)14-17-13-11(9-16)5-4-6-12(13)19(14)8-7-18(2)3/h4-6,10H,7-8H2,1-3H3. The van der Waals surface area contributed by atoms with Gasteiger partial charge in [-0.3, -0.25) is 0 Å². The van der Waals surface area contributed by atoms with E-state index in [-0.39, 0.29) is 5.38 Å². The number of imidazole rings is 1. The number of likely N-dealkylation sites (N-methyl/N-ethyl adjacent to an activating group) is 1. The minimum atomic E-state index is -0.180. The number of halogens is 1. The monoisotopic (exact) mass is 276 g/mol.